The van der Waals surface area contributed by atoms with Crippen LogP contribution in [0.4, 0.5) is 5.69 Å². The normalized spacial score (nSPS) is 15.6. The Kier molecular flexibility index (Phi) is 6.85. The van der Waals surface area contributed by atoms with Crippen LogP contribution >= 0.6 is 11.6 Å². The summed E-state index contributed by atoms with van der Waals surface area (Å²) in [6.45, 7) is 3.91. The van der Waals surface area contributed by atoms with E-state index in [0.29, 0.717) is 29.1 Å². The van der Waals surface area contributed by atoms with Crippen molar-refractivity contribution in [2.24, 2.45) is 0 Å². The molecule has 1 aliphatic carbocycles. The molecule has 1 N–H and O–H groups in total. The first-order valence-electron chi connectivity index (χ1n) is 11.3. The van der Waals surface area contributed by atoms with Gasteiger partial charge in [0.05, 0.1) is 5.41 Å². The molecule has 0 saturated heterocycles. The van der Waals surface area contributed by atoms with Crippen LogP contribution in [0, 0.1) is 13.8 Å². The zero-order valence-corrected chi connectivity index (χ0v) is 19.7. The number of esters is 1. The molecule has 33 heavy (non-hydrogen) atoms. The smallest absolute Gasteiger partial charge is 0.317 e. The summed E-state index contributed by atoms with van der Waals surface area (Å²) in [6.07, 6.45) is 2.19. The molecule has 0 aliphatic heterocycles. The molecule has 3 aromatic rings. The first-order valence-corrected chi connectivity index (χ1v) is 11.7. The number of carbonyl (C=O) groups excluding carboxylic acids is 2. The van der Waals surface area contributed by atoms with Gasteiger partial charge < -0.3 is 10.1 Å². The lowest BCUT2D eigenvalue weighted by molar-refractivity contribution is -0.160. The average Bonchev–Trinajstić information content (AvgIpc) is 3.32. The Hall–Kier alpha value is -3.11. The minimum absolute atomic E-state index is 0.368. The predicted octanol–water partition coefficient (Wildman–Crippen LogP) is 6.69. The molecule has 5 heteroatoms. The number of ether oxygens (including phenoxy) is 1. The van der Waals surface area contributed by atoms with Crippen LogP contribution in [0.2, 0.25) is 5.02 Å². The molecule has 1 unspecified atom stereocenters. The maximum absolute atomic E-state index is 13.7. The number of hydrogen-bond donors (Lipinski definition) is 1. The topological polar surface area (TPSA) is 55.4 Å². The first kappa shape index (κ1) is 23.1. The van der Waals surface area contributed by atoms with Gasteiger partial charge in [0.25, 0.3) is 5.91 Å². The fraction of sp³-hybridized carbons (Fsp3) is 0.286. The number of anilines is 1. The van der Waals surface area contributed by atoms with Gasteiger partial charge in [-0.15, -0.1) is 0 Å². The number of carbonyl (C=O) groups is 2. The van der Waals surface area contributed by atoms with Gasteiger partial charge in [-0.2, -0.15) is 0 Å². The van der Waals surface area contributed by atoms with Gasteiger partial charge in [0, 0.05) is 16.3 Å². The number of halogens is 1. The van der Waals surface area contributed by atoms with E-state index < -0.39 is 11.5 Å². The van der Waals surface area contributed by atoms with Gasteiger partial charge in [0.1, 0.15) is 0 Å². The third-order valence-electron chi connectivity index (χ3n) is 6.46. The van der Waals surface area contributed by atoms with Gasteiger partial charge in [-0.05, 0) is 61.6 Å². The highest BCUT2D eigenvalue weighted by molar-refractivity contribution is 6.30. The highest BCUT2D eigenvalue weighted by atomic mass is 35.5. The zero-order chi connectivity index (χ0) is 23.4. The van der Waals surface area contributed by atoms with Gasteiger partial charge in [-0.3, -0.25) is 9.59 Å². The minimum atomic E-state index is -1.05. The van der Waals surface area contributed by atoms with Crippen molar-refractivity contribution in [3.63, 3.8) is 0 Å². The quantitative estimate of drug-likeness (QED) is 0.416. The summed E-state index contributed by atoms with van der Waals surface area (Å²) < 4.78 is 6.03. The summed E-state index contributed by atoms with van der Waals surface area (Å²) in [6, 6.07) is 22.4. The van der Waals surface area contributed by atoms with E-state index in [1.165, 1.54) is 0 Å². The summed E-state index contributed by atoms with van der Waals surface area (Å²) in [4.78, 5) is 27.1. The van der Waals surface area contributed by atoms with Crippen LogP contribution in [0.15, 0.2) is 72.8 Å². The first-order chi connectivity index (χ1) is 15.9. The van der Waals surface area contributed by atoms with E-state index in [1.54, 1.807) is 12.1 Å². The summed E-state index contributed by atoms with van der Waals surface area (Å²) in [5.41, 5.74) is 3.45. The molecule has 3 aromatic carbocycles. The molecule has 0 aromatic heterocycles. The summed E-state index contributed by atoms with van der Waals surface area (Å²) >= 11 is 6.08. The van der Waals surface area contributed by atoms with E-state index in [9.17, 15) is 9.59 Å². The molecule has 1 saturated carbocycles. The van der Waals surface area contributed by atoms with Crippen LogP contribution in [0.25, 0.3) is 0 Å². The van der Waals surface area contributed by atoms with Crippen molar-refractivity contribution in [3.8, 4) is 0 Å². The Morgan fingerprint density at radius 2 is 1.61 bits per heavy atom. The molecule has 0 heterocycles. The Balaban J connectivity index is 1.65. The van der Waals surface area contributed by atoms with Gasteiger partial charge in [0.15, 0.2) is 0 Å². The maximum Gasteiger partial charge on any atom is 0.317 e. The van der Waals surface area contributed by atoms with E-state index in [4.69, 9.17) is 16.3 Å². The number of rotatable bonds is 6. The van der Waals surface area contributed by atoms with Crippen molar-refractivity contribution in [1.82, 2.24) is 0 Å². The second kappa shape index (κ2) is 9.80. The number of aryl methyl sites for hydroxylation is 2. The number of nitrogens with one attached hydrogen (secondary N) is 1. The average molecular weight is 462 g/mol. The molecule has 0 bridgehead atoms. The third kappa shape index (κ3) is 4.96. The fourth-order valence-electron chi connectivity index (χ4n) is 4.55. The highest BCUT2D eigenvalue weighted by Crippen LogP contribution is 2.43. The summed E-state index contributed by atoms with van der Waals surface area (Å²) in [5, 5.41) is 3.59. The van der Waals surface area contributed by atoms with Crippen molar-refractivity contribution >= 4 is 29.2 Å². The van der Waals surface area contributed by atoms with Crippen molar-refractivity contribution in [2.45, 2.75) is 51.0 Å². The molecule has 1 amide bonds. The second-order valence-corrected chi connectivity index (χ2v) is 9.24. The van der Waals surface area contributed by atoms with Gasteiger partial charge in [-0.25, -0.2) is 0 Å². The van der Waals surface area contributed by atoms with E-state index in [-0.39, 0.29) is 11.9 Å². The van der Waals surface area contributed by atoms with Crippen LogP contribution in [0.1, 0.15) is 54.0 Å². The predicted molar refractivity (Wildman–Crippen MR) is 131 cm³/mol. The minimum Gasteiger partial charge on any atom is -0.447 e. The van der Waals surface area contributed by atoms with E-state index >= 15 is 0 Å². The van der Waals surface area contributed by atoms with Crippen LogP contribution in [0.3, 0.4) is 0 Å². The van der Waals surface area contributed by atoms with Crippen LogP contribution in [-0.2, 0) is 19.7 Å². The Bertz CT molecular complexity index is 1140. The molecule has 1 aliphatic rings. The van der Waals surface area contributed by atoms with Crippen LogP contribution in [-0.4, -0.2) is 11.9 Å². The number of amides is 1. The molecular formula is C28H28ClNO3. The standard InChI is InChI=1S/C28H28ClNO3/c1-19-10-11-20(2)24(18-19)30-26(31)25(21-8-4-3-5-9-21)33-27(32)28(16-6-7-17-28)22-12-14-23(29)15-13-22/h3-5,8-15,18,25H,6-7,16-17H2,1-2H3,(H,30,31). The molecule has 1 atom stereocenters. The van der Waals surface area contributed by atoms with Gasteiger partial charge in [0.2, 0.25) is 6.10 Å². The second-order valence-electron chi connectivity index (χ2n) is 8.80. The van der Waals surface area contributed by atoms with Crippen molar-refractivity contribution < 1.29 is 14.3 Å². The largest absolute Gasteiger partial charge is 0.447 e. The lowest BCUT2D eigenvalue weighted by Gasteiger charge is -2.30. The van der Waals surface area contributed by atoms with Gasteiger partial charge >= 0.3 is 5.97 Å². The molecule has 0 spiro atoms. The van der Waals surface area contributed by atoms with Gasteiger partial charge in [-0.1, -0.05) is 79.0 Å². The van der Waals surface area contributed by atoms with E-state index in [0.717, 1.165) is 29.5 Å². The molecule has 4 nitrogen and oxygen atoms in total. The molecule has 1 fully saturated rings. The van der Waals surface area contributed by atoms with E-state index in [2.05, 4.69) is 5.32 Å². The molecule has 170 valence electrons. The Morgan fingerprint density at radius 1 is 0.939 bits per heavy atom. The lowest BCUT2D eigenvalue weighted by Crippen LogP contribution is -2.38. The van der Waals surface area contributed by atoms with Crippen molar-refractivity contribution in [3.05, 3.63) is 100 Å². The summed E-state index contributed by atoms with van der Waals surface area (Å²) in [7, 11) is 0. The van der Waals surface area contributed by atoms with E-state index in [1.807, 2.05) is 74.5 Å². The lowest BCUT2D eigenvalue weighted by atomic mass is 9.79. The Morgan fingerprint density at radius 3 is 2.27 bits per heavy atom. The zero-order valence-electron chi connectivity index (χ0n) is 18.9. The van der Waals surface area contributed by atoms with Crippen molar-refractivity contribution in [1.29, 1.82) is 0 Å². The number of hydrogen-bond acceptors (Lipinski definition) is 3. The molecule has 4 rings (SSSR count). The number of benzene rings is 3. The summed E-state index contributed by atoms with van der Waals surface area (Å²) in [5.74, 6) is -0.736. The molecular weight excluding hydrogens is 434 g/mol. The monoisotopic (exact) mass is 461 g/mol. The van der Waals surface area contributed by atoms with Crippen LogP contribution in [0.5, 0.6) is 0 Å². The maximum atomic E-state index is 13.7. The van der Waals surface area contributed by atoms with Crippen molar-refractivity contribution in [2.75, 3.05) is 5.32 Å². The van der Waals surface area contributed by atoms with Crippen LogP contribution < -0.4 is 5.32 Å². The SMILES string of the molecule is Cc1ccc(C)c(NC(=O)C(OC(=O)C2(c3ccc(Cl)cc3)CCCC2)c2ccccc2)c1. The highest BCUT2D eigenvalue weighted by Gasteiger charge is 2.45. The Labute approximate surface area is 199 Å². The fourth-order valence-corrected chi connectivity index (χ4v) is 4.67. The molecule has 0 radical (unpaired) electrons. The third-order valence-corrected chi connectivity index (χ3v) is 6.71.